The molecule has 0 radical (unpaired) electrons. The van der Waals surface area contributed by atoms with Crippen molar-refractivity contribution in [1.82, 2.24) is 0 Å². The predicted molar refractivity (Wildman–Crippen MR) is 54.3 cm³/mol. The molecule has 0 aromatic carbocycles. The van der Waals surface area contributed by atoms with E-state index in [0.29, 0.717) is 0 Å². The van der Waals surface area contributed by atoms with Gasteiger partial charge in [0.25, 0.3) is 0 Å². The second-order valence-corrected chi connectivity index (χ2v) is 5.00. The van der Waals surface area contributed by atoms with E-state index in [1.165, 1.54) is 6.42 Å². The highest BCUT2D eigenvalue weighted by Crippen LogP contribution is 2.36. The zero-order valence-electron chi connectivity index (χ0n) is 6.61. The Hall–Kier alpha value is 0.250. The molecule has 11 heavy (non-hydrogen) atoms. The van der Waals surface area contributed by atoms with Gasteiger partial charge in [-0.3, -0.25) is 0 Å². The summed E-state index contributed by atoms with van der Waals surface area (Å²) in [7, 11) is 0. The van der Waals surface area contributed by atoms with Crippen LogP contribution in [0.2, 0.25) is 0 Å². The molecule has 0 spiro atoms. The second-order valence-electron chi connectivity index (χ2n) is 2.93. The first kappa shape index (κ1) is 9.34. The Morgan fingerprint density at radius 3 is 3.00 bits per heavy atom. The molecule has 0 amide bonds. The maximum absolute atomic E-state index is 5.92. The van der Waals surface area contributed by atoms with E-state index in [1.807, 2.05) is 12.2 Å². The molecular weight excluding hydrogens is 223 g/mol. The number of rotatable bonds is 2. The third kappa shape index (κ3) is 2.64. The monoisotopic (exact) mass is 234 g/mol. The second kappa shape index (κ2) is 3.77. The lowest BCUT2D eigenvalue weighted by atomic mass is 9.96. The molecule has 0 aliphatic heterocycles. The van der Waals surface area contributed by atoms with E-state index in [1.54, 1.807) is 0 Å². The Kier molecular flexibility index (Phi) is 3.20. The summed E-state index contributed by atoms with van der Waals surface area (Å²) in [5.74, 6) is 0. The van der Waals surface area contributed by atoms with Crippen LogP contribution in [0, 0.1) is 0 Å². The number of alkyl halides is 1. The fourth-order valence-electron chi connectivity index (χ4n) is 1.31. The normalized spacial score (nSPS) is 30.3. The topological polar surface area (TPSA) is 0 Å². The van der Waals surface area contributed by atoms with E-state index in [9.17, 15) is 0 Å². The Bertz CT molecular complexity index is 196. The van der Waals surface area contributed by atoms with Crippen molar-refractivity contribution in [3.8, 4) is 0 Å². The predicted octanol–water partition coefficient (Wildman–Crippen LogP) is 4.00. The van der Waals surface area contributed by atoms with Crippen molar-refractivity contribution < 1.29 is 0 Å². The summed E-state index contributed by atoms with van der Waals surface area (Å²) in [6.45, 7) is 2.18. The van der Waals surface area contributed by atoms with Gasteiger partial charge in [-0.2, -0.15) is 0 Å². The SMILES string of the molecule is CCCC1(Br)C=CC=C(Cl)C1. The molecule has 1 aliphatic rings. The molecule has 0 bridgehead atoms. The van der Waals surface area contributed by atoms with Crippen molar-refractivity contribution in [2.75, 3.05) is 0 Å². The highest BCUT2D eigenvalue weighted by atomic mass is 79.9. The van der Waals surface area contributed by atoms with Gasteiger partial charge in [0, 0.05) is 15.8 Å². The molecule has 0 aromatic heterocycles. The minimum absolute atomic E-state index is 0.133. The largest absolute Gasteiger partial charge is 0.0891 e. The van der Waals surface area contributed by atoms with Gasteiger partial charge in [-0.25, -0.2) is 0 Å². The molecule has 0 heterocycles. The fourth-order valence-corrected chi connectivity index (χ4v) is 2.63. The summed E-state index contributed by atoms with van der Waals surface area (Å²) in [5, 5.41) is 0.942. The standard InChI is InChI=1S/C9H12BrCl/c1-2-5-9(10)6-3-4-8(11)7-9/h3-4,6H,2,5,7H2,1H3. The van der Waals surface area contributed by atoms with E-state index in [4.69, 9.17) is 11.6 Å². The van der Waals surface area contributed by atoms with Gasteiger partial charge in [0.05, 0.1) is 0 Å². The van der Waals surface area contributed by atoms with Crippen molar-refractivity contribution in [3.05, 3.63) is 23.3 Å². The van der Waals surface area contributed by atoms with Crippen molar-refractivity contribution in [3.63, 3.8) is 0 Å². The number of halogens is 2. The average Bonchev–Trinajstić information content (AvgIpc) is 1.86. The third-order valence-electron chi connectivity index (χ3n) is 1.80. The minimum Gasteiger partial charge on any atom is -0.0891 e. The average molecular weight is 236 g/mol. The van der Waals surface area contributed by atoms with Crippen LogP contribution < -0.4 is 0 Å². The van der Waals surface area contributed by atoms with Gasteiger partial charge in [0.2, 0.25) is 0 Å². The first-order valence-electron chi connectivity index (χ1n) is 3.89. The highest BCUT2D eigenvalue weighted by Gasteiger charge is 2.24. The zero-order chi connectivity index (χ0) is 8.32. The molecule has 0 nitrogen and oxygen atoms in total. The zero-order valence-corrected chi connectivity index (χ0v) is 8.95. The molecule has 1 aliphatic carbocycles. The molecule has 0 aromatic rings. The van der Waals surface area contributed by atoms with Crippen LogP contribution in [0.5, 0.6) is 0 Å². The summed E-state index contributed by atoms with van der Waals surface area (Å²) < 4.78 is 0.133. The Morgan fingerprint density at radius 1 is 1.73 bits per heavy atom. The van der Waals surface area contributed by atoms with Crippen LogP contribution in [-0.2, 0) is 0 Å². The molecule has 0 fully saturated rings. The first-order valence-corrected chi connectivity index (χ1v) is 5.06. The molecule has 1 atom stereocenters. The van der Waals surface area contributed by atoms with Gasteiger partial charge in [-0.05, 0) is 12.5 Å². The van der Waals surface area contributed by atoms with Crippen molar-refractivity contribution in [2.24, 2.45) is 0 Å². The highest BCUT2D eigenvalue weighted by molar-refractivity contribution is 9.10. The van der Waals surface area contributed by atoms with Crippen molar-refractivity contribution in [2.45, 2.75) is 30.5 Å². The fraction of sp³-hybridized carbons (Fsp3) is 0.556. The van der Waals surface area contributed by atoms with Gasteiger partial charge in [0.1, 0.15) is 0 Å². The molecule has 0 saturated heterocycles. The van der Waals surface area contributed by atoms with Gasteiger partial charge < -0.3 is 0 Å². The van der Waals surface area contributed by atoms with Gasteiger partial charge in [0.15, 0.2) is 0 Å². The summed E-state index contributed by atoms with van der Waals surface area (Å²) in [4.78, 5) is 0. The molecule has 1 unspecified atom stereocenters. The summed E-state index contributed by atoms with van der Waals surface area (Å²) in [6, 6.07) is 0. The van der Waals surface area contributed by atoms with Gasteiger partial charge >= 0.3 is 0 Å². The van der Waals surface area contributed by atoms with E-state index in [0.717, 1.165) is 17.9 Å². The lowest BCUT2D eigenvalue weighted by Gasteiger charge is -2.25. The molecule has 62 valence electrons. The van der Waals surface area contributed by atoms with E-state index >= 15 is 0 Å². The molecule has 0 saturated carbocycles. The van der Waals surface area contributed by atoms with E-state index < -0.39 is 0 Å². The first-order chi connectivity index (χ1) is 5.16. The summed E-state index contributed by atoms with van der Waals surface area (Å²) >= 11 is 9.60. The van der Waals surface area contributed by atoms with Crippen LogP contribution in [-0.4, -0.2) is 4.32 Å². The number of hydrogen-bond donors (Lipinski definition) is 0. The lowest BCUT2D eigenvalue weighted by molar-refractivity contribution is 0.640. The van der Waals surface area contributed by atoms with Gasteiger partial charge in [-0.15, -0.1) is 0 Å². The van der Waals surface area contributed by atoms with Crippen LogP contribution in [0.25, 0.3) is 0 Å². The molecule has 1 rings (SSSR count). The van der Waals surface area contributed by atoms with Crippen LogP contribution >= 0.6 is 27.5 Å². The van der Waals surface area contributed by atoms with Gasteiger partial charge in [-0.1, -0.05) is 53.0 Å². The van der Waals surface area contributed by atoms with Crippen LogP contribution in [0.3, 0.4) is 0 Å². The maximum Gasteiger partial charge on any atom is 0.0488 e. The number of allylic oxidation sites excluding steroid dienone is 4. The van der Waals surface area contributed by atoms with E-state index in [-0.39, 0.29) is 4.32 Å². The van der Waals surface area contributed by atoms with Crippen LogP contribution in [0.4, 0.5) is 0 Å². The molecular formula is C9H12BrCl. The van der Waals surface area contributed by atoms with E-state index in [2.05, 4.69) is 28.9 Å². The summed E-state index contributed by atoms with van der Waals surface area (Å²) in [5.41, 5.74) is 0. The van der Waals surface area contributed by atoms with Crippen molar-refractivity contribution in [1.29, 1.82) is 0 Å². The molecule has 0 N–H and O–H groups in total. The number of hydrogen-bond acceptors (Lipinski definition) is 0. The minimum atomic E-state index is 0.133. The lowest BCUT2D eigenvalue weighted by Crippen LogP contribution is -2.18. The van der Waals surface area contributed by atoms with Crippen LogP contribution in [0.15, 0.2) is 23.3 Å². The Morgan fingerprint density at radius 2 is 2.45 bits per heavy atom. The quantitative estimate of drug-likeness (QED) is 0.635. The third-order valence-corrected chi connectivity index (χ3v) is 3.00. The maximum atomic E-state index is 5.92. The summed E-state index contributed by atoms with van der Waals surface area (Å²) in [6.07, 6.45) is 9.42. The van der Waals surface area contributed by atoms with Crippen molar-refractivity contribution >= 4 is 27.5 Å². The smallest absolute Gasteiger partial charge is 0.0488 e. The Labute approximate surface area is 81.4 Å². The molecule has 2 heteroatoms. The Balaban J connectivity index is 2.62. The van der Waals surface area contributed by atoms with Crippen LogP contribution in [0.1, 0.15) is 26.2 Å².